The molecule has 0 bridgehead atoms. The van der Waals surface area contributed by atoms with E-state index in [1.165, 1.54) is 0 Å². The molecule has 0 aliphatic carbocycles. The van der Waals surface area contributed by atoms with Crippen LogP contribution in [0.3, 0.4) is 0 Å². The number of pyridine rings is 1. The Kier molecular flexibility index (Phi) is 3.96. The van der Waals surface area contributed by atoms with Crippen molar-refractivity contribution in [3.63, 3.8) is 0 Å². The lowest BCUT2D eigenvalue weighted by Crippen LogP contribution is -2.13. The molecule has 0 aliphatic rings. The molecule has 0 saturated heterocycles. The number of hydrogen-bond acceptors (Lipinski definition) is 5. The molecule has 130 valence electrons. The van der Waals surface area contributed by atoms with Crippen molar-refractivity contribution in [2.75, 3.05) is 0 Å². The van der Waals surface area contributed by atoms with Crippen molar-refractivity contribution in [1.82, 2.24) is 24.1 Å². The van der Waals surface area contributed by atoms with Crippen LogP contribution >= 0.6 is 0 Å². The summed E-state index contributed by atoms with van der Waals surface area (Å²) in [7, 11) is 1.92. The second-order valence-electron chi connectivity index (χ2n) is 5.94. The van der Waals surface area contributed by atoms with Crippen molar-refractivity contribution in [1.29, 1.82) is 0 Å². The standard InChI is InChI=1S/C19H17N5O2/c1-13(18-22-15-5-3-4-6-16(15)23(18)2)26-19(25)14-7-8-21-17(11-14)24-10-9-20-12-24/h3-13H,1-2H3/t13-/m1/s1. The van der Waals surface area contributed by atoms with Gasteiger partial charge in [-0.25, -0.2) is 19.7 Å². The van der Waals surface area contributed by atoms with Crippen LogP contribution in [0.15, 0.2) is 61.3 Å². The van der Waals surface area contributed by atoms with Crippen molar-refractivity contribution in [2.45, 2.75) is 13.0 Å². The molecule has 26 heavy (non-hydrogen) atoms. The summed E-state index contributed by atoms with van der Waals surface area (Å²) >= 11 is 0. The van der Waals surface area contributed by atoms with E-state index in [0.29, 0.717) is 17.2 Å². The molecular weight excluding hydrogens is 330 g/mol. The summed E-state index contributed by atoms with van der Waals surface area (Å²) in [5.41, 5.74) is 2.30. The van der Waals surface area contributed by atoms with Crippen molar-refractivity contribution in [2.24, 2.45) is 7.05 Å². The first kappa shape index (κ1) is 16.0. The molecule has 7 nitrogen and oxygen atoms in total. The summed E-state index contributed by atoms with van der Waals surface area (Å²) in [6.45, 7) is 1.82. The lowest BCUT2D eigenvalue weighted by molar-refractivity contribution is 0.0315. The predicted molar refractivity (Wildman–Crippen MR) is 95.9 cm³/mol. The maximum absolute atomic E-state index is 12.6. The van der Waals surface area contributed by atoms with Gasteiger partial charge in [0.25, 0.3) is 0 Å². The topological polar surface area (TPSA) is 74.8 Å². The molecule has 0 N–H and O–H groups in total. The molecule has 0 fully saturated rings. The lowest BCUT2D eigenvalue weighted by atomic mass is 10.2. The average molecular weight is 347 g/mol. The number of aromatic nitrogens is 5. The molecule has 0 radical (unpaired) electrons. The Morgan fingerprint density at radius 2 is 2.04 bits per heavy atom. The third kappa shape index (κ3) is 2.83. The van der Waals surface area contributed by atoms with Crippen LogP contribution in [0.1, 0.15) is 29.2 Å². The van der Waals surface area contributed by atoms with Crippen molar-refractivity contribution < 1.29 is 9.53 Å². The van der Waals surface area contributed by atoms with Gasteiger partial charge in [-0.2, -0.15) is 0 Å². The van der Waals surface area contributed by atoms with E-state index < -0.39 is 12.1 Å². The van der Waals surface area contributed by atoms with Crippen LogP contribution in [-0.2, 0) is 11.8 Å². The lowest BCUT2D eigenvalue weighted by Gasteiger charge is -2.13. The summed E-state index contributed by atoms with van der Waals surface area (Å²) in [5.74, 6) is 0.879. The number of imidazole rings is 2. The minimum Gasteiger partial charge on any atom is -0.451 e. The van der Waals surface area contributed by atoms with Gasteiger partial charge in [-0.05, 0) is 31.2 Å². The van der Waals surface area contributed by atoms with Gasteiger partial charge in [0.15, 0.2) is 11.9 Å². The summed E-state index contributed by atoms with van der Waals surface area (Å²) in [6.07, 6.45) is 6.13. The molecule has 0 saturated carbocycles. The maximum atomic E-state index is 12.6. The third-order valence-corrected chi connectivity index (χ3v) is 4.22. The second kappa shape index (κ2) is 6.44. The van der Waals surface area contributed by atoms with Gasteiger partial charge in [0.1, 0.15) is 12.1 Å². The average Bonchev–Trinajstić information content (AvgIpc) is 3.31. The van der Waals surface area contributed by atoms with Gasteiger partial charge in [-0.1, -0.05) is 12.1 Å². The highest BCUT2D eigenvalue weighted by molar-refractivity contribution is 5.90. The number of nitrogens with zero attached hydrogens (tertiary/aromatic N) is 5. The number of para-hydroxylation sites is 2. The van der Waals surface area contributed by atoms with Crippen LogP contribution in [0.25, 0.3) is 16.9 Å². The zero-order valence-corrected chi connectivity index (χ0v) is 14.4. The Bertz CT molecular complexity index is 1070. The summed E-state index contributed by atoms with van der Waals surface area (Å²) in [6, 6.07) is 11.1. The van der Waals surface area contributed by atoms with Crippen LogP contribution in [0.5, 0.6) is 0 Å². The largest absolute Gasteiger partial charge is 0.451 e. The van der Waals surface area contributed by atoms with Gasteiger partial charge < -0.3 is 9.30 Å². The minimum absolute atomic E-state index is 0.423. The van der Waals surface area contributed by atoms with E-state index in [-0.39, 0.29) is 0 Å². The number of hydrogen-bond donors (Lipinski definition) is 0. The molecule has 7 heteroatoms. The molecule has 4 aromatic rings. The van der Waals surface area contributed by atoms with Gasteiger partial charge in [-0.15, -0.1) is 0 Å². The zero-order chi connectivity index (χ0) is 18.1. The summed E-state index contributed by atoms with van der Waals surface area (Å²) < 4.78 is 9.30. The molecule has 0 amide bonds. The summed E-state index contributed by atoms with van der Waals surface area (Å²) in [5, 5.41) is 0. The molecule has 4 rings (SSSR count). The number of carbonyl (C=O) groups is 1. The summed E-state index contributed by atoms with van der Waals surface area (Å²) in [4.78, 5) is 25.4. The fraction of sp³-hybridized carbons (Fsp3) is 0.158. The monoisotopic (exact) mass is 347 g/mol. The molecule has 1 aromatic carbocycles. The molecule has 0 spiro atoms. The molecule has 1 atom stereocenters. The Morgan fingerprint density at radius 1 is 1.19 bits per heavy atom. The normalized spacial score (nSPS) is 12.2. The number of ether oxygens (including phenoxy) is 1. The molecule has 3 aromatic heterocycles. The number of carbonyl (C=O) groups excluding carboxylic acids is 1. The number of aryl methyl sites for hydroxylation is 1. The second-order valence-corrected chi connectivity index (χ2v) is 5.94. The van der Waals surface area contributed by atoms with Gasteiger partial charge in [-0.3, -0.25) is 4.57 Å². The highest BCUT2D eigenvalue weighted by Gasteiger charge is 2.19. The van der Waals surface area contributed by atoms with Crippen LogP contribution in [0.4, 0.5) is 0 Å². The van der Waals surface area contributed by atoms with E-state index in [4.69, 9.17) is 4.74 Å². The van der Waals surface area contributed by atoms with Gasteiger partial charge >= 0.3 is 5.97 Å². The van der Waals surface area contributed by atoms with E-state index in [0.717, 1.165) is 11.0 Å². The Morgan fingerprint density at radius 3 is 2.81 bits per heavy atom. The van der Waals surface area contributed by atoms with Gasteiger partial charge in [0.2, 0.25) is 0 Å². The van der Waals surface area contributed by atoms with E-state index >= 15 is 0 Å². The third-order valence-electron chi connectivity index (χ3n) is 4.22. The number of esters is 1. The molecule has 0 aliphatic heterocycles. The van der Waals surface area contributed by atoms with Crippen LogP contribution in [0, 0.1) is 0 Å². The smallest absolute Gasteiger partial charge is 0.339 e. The van der Waals surface area contributed by atoms with Crippen LogP contribution in [-0.4, -0.2) is 30.1 Å². The van der Waals surface area contributed by atoms with E-state index in [2.05, 4.69) is 15.0 Å². The van der Waals surface area contributed by atoms with Crippen molar-refractivity contribution in [3.05, 3.63) is 72.7 Å². The van der Waals surface area contributed by atoms with E-state index in [9.17, 15) is 4.79 Å². The quantitative estimate of drug-likeness (QED) is 0.530. The van der Waals surface area contributed by atoms with Crippen LogP contribution < -0.4 is 0 Å². The van der Waals surface area contributed by atoms with Gasteiger partial charge in [0, 0.05) is 25.6 Å². The maximum Gasteiger partial charge on any atom is 0.339 e. The van der Waals surface area contributed by atoms with Gasteiger partial charge in [0.05, 0.1) is 16.6 Å². The Labute approximate surface area is 149 Å². The number of rotatable bonds is 4. The highest BCUT2D eigenvalue weighted by Crippen LogP contribution is 2.22. The van der Waals surface area contributed by atoms with E-state index in [1.54, 1.807) is 41.6 Å². The van der Waals surface area contributed by atoms with Crippen LogP contribution in [0.2, 0.25) is 0 Å². The van der Waals surface area contributed by atoms with Crippen molar-refractivity contribution in [3.8, 4) is 5.82 Å². The Hall–Kier alpha value is -3.48. The zero-order valence-electron chi connectivity index (χ0n) is 14.4. The van der Waals surface area contributed by atoms with Crippen molar-refractivity contribution >= 4 is 17.0 Å². The fourth-order valence-electron chi connectivity index (χ4n) is 2.89. The van der Waals surface area contributed by atoms with E-state index in [1.807, 2.05) is 42.8 Å². The highest BCUT2D eigenvalue weighted by atomic mass is 16.5. The fourth-order valence-corrected chi connectivity index (χ4v) is 2.89. The first-order valence-electron chi connectivity index (χ1n) is 8.20. The number of benzene rings is 1. The number of fused-ring (bicyclic) bond motifs is 1. The Balaban J connectivity index is 1.57. The predicted octanol–water partition coefficient (Wildman–Crippen LogP) is 3.07. The molecule has 3 heterocycles. The SMILES string of the molecule is C[C@@H](OC(=O)c1ccnc(-n2ccnc2)c1)c1nc2ccccc2n1C. The first-order chi connectivity index (χ1) is 12.6. The molecule has 0 unspecified atom stereocenters. The molecular formula is C19H17N5O2. The minimum atomic E-state index is -0.482. The first-order valence-corrected chi connectivity index (χ1v) is 8.20.